The second kappa shape index (κ2) is 24.2. The largest absolute Gasteiger partial charge is 0.416 e. The van der Waals surface area contributed by atoms with Crippen LogP contribution >= 0.6 is 0 Å². The maximum absolute atomic E-state index is 14.2. The van der Waals surface area contributed by atoms with Gasteiger partial charge in [0, 0.05) is 11.1 Å². The smallest absolute Gasteiger partial charge is 0.289 e. The predicted molar refractivity (Wildman–Crippen MR) is 277 cm³/mol. The van der Waals surface area contributed by atoms with Crippen molar-refractivity contribution < 1.29 is 114 Å². The van der Waals surface area contributed by atoms with Crippen molar-refractivity contribution >= 4 is 43.7 Å². The number of hydrogen-bond acceptors (Lipinski definition) is 2. The van der Waals surface area contributed by atoms with Crippen LogP contribution in [0.2, 0.25) is 0 Å². The maximum Gasteiger partial charge on any atom is 0.416 e. The van der Waals surface area contributed by atoms with E-state index in [-0.39, 0.29) is 11.5 Å². The van der Waals surface area contributed by atoms with Crippen molar-refractivity contribution in [3.05, 3.63) is 244 Å². The Morgan fingerprint density at radius 2 is 0.580 bits per heavy atom. The van der Waals surface area contributed by atoms with Crippen LogP contribution < -0.4 is 21.9 Å². The summed E-state index contributed by atoms with van der Waals surface area (Å²) in [5.74, 6) is 2.66. The number of alkyl halides is 24. The summed E-state index contributed by atoms with van der Waals surface area (Å²) in [5.41, 5.74) is -26.8. The Morgan fingerprint density at radius 3 is 0.852 bits per heavy atom. The third-order valence-corrected chi connectivity index (χ3v) is 15.5. The molecule has 1 unspecified atom stereocenters. The lowest BCUT2D eigenvalue weighted by Crippen LogP contribution is -2.75. The van der Waals surface area contributed by atoms with Crippen LogP contribution in [0, 0.1) is 11.2 Å². The van der Waals surface area contributed by atoms with Gasteiger partial charge in [-0.25, -0.2) is 0 Å². The molecule has 88 heavy (non-hydrogen) atoms. The van der Waals surface area contributed by atoms with Gasteiger partial charge < -0.3 is 0 Å². The molecule has 8 rings (SSSR count). The number of hydrogen-bond donors (Lipinski definition) is 0. The Balaban J connectivity index is 0.000000298. The number of carbonyl (C=O) groups is 1. The van der Waals surface area contributed by atoms with E-state index in [9.17, 15) is 114 Å². The van der Waals surface area contributed by atoms with Gasteiger partial charge in [-0.2, -0.15) is 127 Å². The van der Waals surface area contributed by atoms with Gasteiger partial charge in [0.25, 0.3) is 0 Å². The van der Waals surface area contributed by atoms with Crippen molar-refractivity contribution in [2.24, 2.45) is 0 Å². The highest BCUT2D eigenvalue weighted by molar-refractivity contribution is 8.07. The van der Waals surface area contributed by atoms with E-state index >= 15 is 0 Å². The monoisotopic (exact) mass is 1280 g/mol. The molecule has 8 aromatic rings. The standard InChI is InChI=1S/C32H12BF24.C28H21O2S/c34-25(35,36)13-1-14(26(37,38)39)6-21(5-13)33(22-7-15(27(40,41)42)2-16(8-22)28(43,44)45,23-9-17(29(46,47)48)3-18(10-23)30(49,50)51)24-11-19(31(52,53)54)4-20(12-24)32(55,56)57;29-28(26-18-16-25(17-19-26)24-12-6-2-7-13-24)22-31(30,27-14-8-3-9-15-27)21-20-23-10-4-1-5-11-23/h1-12H;1-19H,22H2/q-1;+1. The van der Waals surface area contributed by atoms with Crippen molar-refractivity contribution in [1.82, 2.24) is 0 Å². The van der Waals surface area contributed by atoms with Crippen LogP contribution in [0.5, 0.6) is 0 Å². The molecule has 0 N–H and O–H groups in total. The number of carbonyl (C=O) groups excluding carboxylic acids is 1. The fraction of sp³-hybridized carbons (Fsp3) is 0.150. The minimum Gasteiger partial charge on any atom is -0.289 e. The van der Waals surface area contributed by atoms with E-state index in [0.717, 1.165) is 16.7 Å². The van der Waals surface area contributed by atoms with Crippen molar-refractivity contribution in [1.29, 1.82) is 0 Å². The number of ketones is 1. The van der Waals surface area contributed by atoms with Crippen molar-refractivity contribution in [3.63, 3.8) is 0 Å². The van der Waals surface area contributed by atoms with Gasteiger partial charge >= 0.3 is 49.4 Å². The molecular formula is C60H33BF24O2S. The van der Waals surface area contributed by atoms with Gasteiger partial charge in [-0.15, -0.1) is 0 Å². The molecule has 0 aliphatic rings. The molecule has 0 radical (unpaired) electrons. The Bertz CT molecular complexity index is 3490. The first-order valence-corrected chi connectivity index (χ1v) is 26.3. The minimum absolute atomic E-state index is 0.151. The van der Waals surface area contributed by atoms with Gasteiger partial charge in [0.15, 0.2) is 15.9 Å². The molecule has 8 aromatic carbocycles. The lowest BCUT2D eigenvalue weighted by Gasteiger charge is -2.46. The lowest BCUT2D eigenvalue weighted by molar-refractivity contribution is -0.144. The summed E-state index contributed by atoms with van der Waals surface area (Å²) in [4.78, 5) is 13.6. The molecule has 0 saturated carbocycles. The second-order valence-corrected chi connectivity index (χ2v) is 21.6. The summed E-state index contributed by atoms with van der Waals surface area (Å²) in [6.45, 7) is 0. The highest BCUT2D eigenvalue weighted by Gasteiger charge is 2.47. The first kappa shape index (κ1) is 67.0. The fourth-order valence-electron chi connectivity index (χ4n) is 9.30. The van der Waals surface area contributed by atoms with Crippen LogP contribution in [0.4, 0.5) is 105 Å². The zero-order chi connectivity index (χ0) is 65.4. The lowest BCUT2D eigenvalue weighted by atomic mass is 9.12. The summed E-state index contributed by atoms with van der Waals surface area (Å²) in [6, 6.07) is 27.0. The van der Waals surface area contributed by atoms with Gasteiger partial charge in [-0.1, -0.05) is 144 Å². The molecule has 0 spiro atoms. The van der Waals surface area contributed by atoms with E-state index in [0.29, 0.717) is 10.5 Å². The third-order valence-electron chi connectivity index (χ3n) is 13.3. The second-order valence-electron chi connectivity index (χ2n) is 19.3. The predicted octanol–water partition coefficient (Wildman–Crippen LogP) is 17.3. The molecule has 1 atom stereocenters. The molecule has 0 saturated heterocycles. The van der Waals surface area contributed by atoms with Gasteiger partial charge in [-0.05, 0) is 65.6 Å². The van der Waals surface area contributed by atoms with Crippen molar-refractivity contribution in [2.45, 2.75) is 54.3 Å². The number of halogens is 24. The maximum atomic E-state index is 14.2. The SMILES string of the molecule is FC(F)(F)c1cc([B-](c2cc(C(F)(F)F)cc(C(F)(F)F)c2)(c2cc(C(F)(F)F)cc(C(F)(F)F)c2)c2cc(C(F)(F)F)cc(C(F)(F)F)c2)cc(C(F)(F)F)c1.O=C(C[S+](=O)(C#Cc1ccccc1)c1ccccc1)c1ccc(-c2ccccc2)cc1. The highest BCUT2D eigenvalue weighted by atomic mass is 32.2. The van der Waals surface area contributed by atoms with Crippen LogP contribution in [-0.4, -0.2) is 17.7 Å². The summed E-state index contributed by atoms with van der Waals surface area (Å²) in [7, 11) is -2.89. The zero-order valence-corrected chi connectivity index (χ0v) is 44.3. The Kier molecular flexibility index (Phi) is 18.5. The highest BCUT2D eigenvalue weighted by Crippen LogP contribution is 2.42. The van der Waals surface area contributed by atoms with Gasteiger partial charge in [0.1, 0.15) is 6.15 Å². The normalized spacial score (nSPS) is 13.6. The molecule has 0 heterocycles. The summed E-state index contributed by atoms with van der Waals surface area (Å²) >= 11 is 0. The molecule has 0 amide bonds. The minimum atomic E-state index is -6.13. The van der Waals surface area contributed by atoms with E-state index in [1.54, 1.807) is 24.3 Å². The zero-order valence-electron chi connectivity index (χ0n) is 43.5. The average Bonchev–Trinajstić information content (AvgIpc) is 0.742. The molecule has 462 valence electrons. The molecule has 0 aliphatic carbocycles. The number of rotatable bonds is 9. The van der Waals surface area contributed by atoms with Crippen molar-refractivity contribution in [2.75, 3.05) is 5.75 Å². The van der Waals surface area contributed by atoms with Crippen LogP contribution in [-0.2, 0) is 63.6 Å². The van der Waals surface area contributed by atoms with E-state index < -0.39 is 205 Å². The Hall–Kier alpha value is -8.48. The summed E-state index contributed by atoms with van der Waals surface area (Å²) in [5, 5.41) is 2.92. The molecule has 0 aliphatic heterocycles. The number of benzene rings is 8. The summed E-state index contributed by atoms with van der Waals surface area (Å²) in [6.07, 6.45) is -54.8. The molecular weight excluding hydrogens is 1250 g/mol. The van der Waals surface area contributed by atoms with Gasteiger partial charge in [0.2, 0.25) is 15.7 Å². The van der Waals surface area contributed by atoms with Gasteiger partial charge in [0.05, 0.1) is 44.5 Å². The Morgan fingerprint density at radius 1 is 0.330 bits per heavy atom. The summed E-state index contributed by atoms with van der Waals surface area (Å²) < 4.78 is 355. The third kappa shape index (κ3) is 15.6. The van der Waals surface area contributed by atoms with E-state index in [2.05, 4.69) is 11.2 Å². The fourth-order valence-corrected chi connectivity index (χ4v) is 11.1. The molecule has 2 nitrogen and oxygen atoms in total. The van der Waals surface area contributed by atoms with Crippen LogP contribution in [0.15, 0.2) is 193 Å². The number of Topliss-reactive ketones (excluding diaryl/α,β-unsaturated/α-hetero) is 1. The van der Waals surface area contributed by atoms with Crippen LogP contribution in [0.1, 0.15) is 60.4 Å². The molecule has 28 heteroatoms. The average molecular weight is 1280 g/mol. The topological polar surface area (TPSA) is 34.1 Å². The first-order valence-electron chi connectivity index (χ1n) is 24.6. The quantitative estimate of drug-likeness (QED) is 0.0474. The van der Waals surface area contributed by atoms with Crippen molar-refractivity contribution in [3.8, 4) is 22.3 Å². The first-order chi connectivity index (χ1) is 40.4. The molecule has 0 aromatic heterocycles. The van der Waals surface area contributed by atoms with Crippen LogP contribution in [0.25, 0.3) is 11.1 Å². The van der Waals surface area contributed by atoms with E-state index in [4.69, 9.17) is 0 Å². The van der Waals surface area contributed by atoms with Crippen LogP contribution in [0.3, 0.4) is 0 Å². The molecule has 0 fully saturated rings. The van der Waals surface area contributed by atoms with E-state index in [1.165, 1.54) is 0 Å². The Labute approximate surface area is 482 Å². The molecule has 0 bridgehead atoms. The van der Waals surface area contributed by atoms with Gasteiger partial charge in [-0.3, -0.25) is 4.79 Å². The van der Waals surface area contributed by atoms with E-state index in [1.807, 2.05) is 91.0 Å².